The summed E-state index contributed by atoms with van der Waals surface area (Å²) in [4.78, 5) is 27.2. The van der Waals surface area contributed by atoms with Crippen LogP contribution in [-0.4, -0.2) is 56.2 Å². The lowest BCUT2D eigenvalue weighted by Gasteiger charge is -2.25. The van der Waals surface area contributed by atoms with Gasteiger partial charge in [-0.3, -0.25) is 9.59 Å². The van der Waals surface area contributed by atoms with Gasteiger partial charge in [0.05, 0.1) is 43.0 Å². The van der Waals surface area contributed by atoms with Gasteiger partial charge in [-0.05, 0) is 23.8 Å². The van der Waals surface area contributed by atoms with Crippen LogP contribution in [0, 0.1) is 0 Å². The number of ketones is 1. The SMILES string of the molecule is COCCN1C(=O)C(=O)/C(=C(/O)c2cc(Cl)c(OC)c(Cl)c2OC)C1c1ccc(Cl)cc1. The van der Waals surface area contributed by atoms with E-state index in [1.54, 1.807) is 24.3 Å². The maximum Gasteiger partial charge on any atom is 0.295 e. The summed E-state index contributed by atoms with van der Waals surface area (Å²) in [5.74, 6) is -1.91. The number of ether oxygens (including phenoxy) is 3. The van der Waals surface area contributed by atoms with Crippen LogP contribution >= 0.6 is 34.8 Å². The van der Waals surface area contributed by atoms with Crippen LogP contribution in [-0.2, 0) is 14.3 Å². The van der Waals surface area contributed by atoms with Crippen molar-refractivity contribution >= 4 is 52.3 Å². The van der Waals surface area contributed by atoms with Gasteiger partial charge in [-0.25, -0.2) is 0 Å². The molecule has 10 heteroatoms. The molecule has 0 spiro atoms. The molecule has 0 radical (unpaired) electrons. The summed E-state index contributed by atoms with van der Waals surface area (Å²) in [7, 11) is 4.22. The van der Waals surface area contributed by atoms with E-state index >= 15 is 0 Å². The molecule has 1 unspecified atom stereocenters. The quantitative estimate of drug-likeness (QED) is 0.336. The molecule has 0 saturated carbocycles. The van der Waals surface area contributed by atoms with E-state index in [0.717, 1.165) is 0 Å². The summed E-state index contributed by atoms with van der Waals surface area (Å²) < 4.78 is 15.6. The van der Waals surface area contributed by atoms with E-state index in [0.29, 0.717) is 10.6 Å². The summed E-state index contributed by atoms with van der Waals surface area (Å²) in [6.07, 6.45) is 0. The number of likely N-dealkylation sites (tertiary alicyclic amines) is 1. The number of carbonyl (C=O) groups is 2. The Bertz CT molecular complexity index is 1080. The number of aliphatic hydroxyl groups is 1. The Morgan fingerprint density at radius 2 is 1.66 bits per heavy atom. The largest absolute Gasteiger partial charge is 0.507 e. The van der Waals surface area contributed by atoms with Crippen LogP contribution in [0.25, 0.3) is 5.76 Å². The number of methoxy groups -OCH3 is 3. The zero-order valence-corrected chi connectivity index (χ0v) is 19.7. The number of carbonyl (C=O) groups excluding carboxylic acids is 2. The summed E-state index contributed by atoms with van der Waals surface area (Å²) in [6, 6.07) is 7.10. The zero-order chi connectivity index (χ0) is 23.6. The lowest BCUT2D eigenvalue weighted by atomic mass is 9.95. The summed E-state index contributed by atoms with van der Waals surface area (Å²) in [6.45, 7) is 0.326. The predicted molar refractivity (Wildman–Crippen MR) is 122 cm³/mol. The van der Waals surface area contributed by atoms with Gasteiger partial charge in [-0.15, -0.1) is 0 Å². The van der Waals surface area contributed by atoms with Gasteiger partial charge in [0, 0.05) is 18.7 Å². The van der Waals surface area contributed by atoms with Crippen molar-refractivity contribution in [1.29, 1.82) is 0 Å². The highest BCUT2D eigenvalue weighted by Crippen LogP contribution is 2.47. The monoisotopic (exact) mass is 499 g/mol. The Kier molecular flexibility index (Phi) is 7.56. The van der Waals surface area contributed by atoms with Crippen molar-refractivity contribution < 1.29 is 28.9 Å². The molecule has 0 aliphatic carbocycles. The Morgan fingerprint density at radius 3 is 2.22 bits per heavy atom. The fourth-order valence-corrected chi connectivity index (χ4v) is 4.40. The molecule has 32 heavy (non-hydrogen) atoms. The highest BCUT2D eigenvalue weighted by atomic mass is 35.5. The molecule has 3 rings (SSSR count). The highest BCUT2D eigenvalue weighted by molar-refractivity contribution is 6.47. The van der Waals surface area contributed by atoms with E-state index in [1.807, 2.05) is 0 Å². The van der Waals surface area contributed by atoms with E-state index in [4.69, 9.17) is 49.0 Å². The second-order valence-electron chi connectivity index (χ2n) is 6.82. The van der Waals surface area contributed by atoms with Crippen molar-refractivity contribution in [1.82, 2.24) is 4.90 Å². The van der Waals surface area contributed by atoms with Crippen LogP contribution in [0.4, 0.5) is 0 Å². The third kappa shape index (κ3) is 4.26. The summed E-state index contributed by atoms with van der Waals surface area (Å²) >= 11 is 18.6. The molecule has 1 amide bonds. The number of nitrogens with zero attached hydrogens (tertiary/aromatic N) is 1. The predicted octanol–water partition coefficient (Wildman–Crippen LogP) is 4.73. The first-order valence-corrected chi connectivity index (χ1v) is 10.5. The van der Waals surface area contributed by atoms with E-state index in [-0.39, 0.29) is 45.8 Å². The van der Waals surface area contributed by atoms with E-state index in [2.05, 4.69) is 0 Å². The van der Waals surface area contributed by atoms with Crippen LogP contribution in [0.1, 0.15) is 17.2 Å². The minimum atomic E-state index is -0.883. The van der Waals surface area contributed by atoms with Gasteiger partial charge in [-0.2, -0.15) is 0 Å². The van der Waals surface area contributed by atoms with Gasteiger partial charge in [0.15, 0.2) is 11.5 Å². The first-order valence-electron chi connectivity index (χ1n) is 9.39. The Balaban J connectivity index is 2.27. The van der Waals surface area contributed by atoms with Gasteiger partial charge in [-0.1, -0.05) is 46.9 Å². The van der Waals surface area contributed by atoms with Gasteiger partial charge in [0.2, 0.25) is 0 Å². The van der Waals surface area contributed by atoms with E-state index < -0.39 is 23.5 Å². The fraction of sp³-hybridized carbons (Fsp3) is 0.273. The molecule has 0 aromatic heterocycles. The minimum Gasteiger partial charge on any atom is -0.507 e. The Labute approximate surface area is 200 Å². The molecule has 1 atom stereocenters. The van der Waals surface area contributed by atoms with E-state index in [1.165, 1.54) is 32.3 Å². The number of amides is 1. The van der Waals surface area contributed by atoms with Gasteiger partial charge < -0.3 is 24.2 Å². The minimum absolute atomic E-state index is 0.0145. The molecular weight excluding hydrogens is 481 g/mol. The van der Waals surface area contributed by atoms with E-state index in [9.17, 15) is 14.7 Å². The van der Waals surface area contributed by atoms with Crippen LogP contribution in [0.2, 0.25) is 15.1 Å². The molecule has 0 bridgehead atoms. The number of halogens is 3. The average molecular weight is 501 g/mol. The Hall–Kier alpha value is -2.45. The van der Waals surface area contributed by atoms with Crippen LogP contribution in [0.3, 0.4) is 0 Å². The van der Waals surface area contributed by atoms with Gasteiger partial charge in [0.25, 0.3) is 11.7 Å². The molecule has 7 nitrogen and oxygen atoms in total. The number of hydrogen-bond acceptors (Lipinski definition) is 6. The van der Waals surface area contributed by atoms with Gasteiger partial charge in [0.1, 0.15) is 10.8 Å². The van der Waals surface area contributed by atoms with Crippen molar-refractivity contribution in [3.8, 4) is 11.5 Å². The first-order chi connectivity index (χ1) is 15.3. The highest BCUT2D eigenvalue weighted by Gasteiger charge is 2.46. The molecule has 170 valence electrons. The summed E-state index contributed by atoms with van der Waals surface area (Å²) in [5.41, 5.74) is 0.493. The molecular formula is C22H20Cl3NO6. The van der Waals surface area contributed by atoms with Crippen LogP contribution in [0.5, 0.6) is 11.5 Å². The number of Topliss-reactive ketones (excluding diaryl/α,β-unsaturated/α-hetero) is 1. The second-order valence-corrected chi connectivity index (χ2v) is 8.04. The first kappa shape index (κ1) is 24.2. The van der Waals surface area contributed by atoms with Crippen molar-refractivity contribution in [2.45, 2.75) is 6.04 Å². The third-order valence-corrected chi connectivity index (χ3v) is 5.93. The normalized spacial score (nSPS) is 17.7. The van der Waals surface area contributed by atoms with Crippen molar-refractivity contribution in [2.75, 3.05) is 34.5 Å². The molecule has 2 aromatic carbocycles. The smallest absolute Gasteiger partial charge is 0.295 e. The third-order valence-electron chi connectivity index (χ3n) is 5.06. The maximum absolute atomic E-state index is 13.0. The lowest BCUT2D eigenvalue weighted by Crippen LogP contribution is -2.32. The van der Waals surface area contributed by atoms with Gasteiger partial charge >= 0.3 is 0 Å². The van der Waals surface area contributed by atoms with Crippen molar-refractivity contribution in [3.63, 3.8) is 0 Å². The molecule has 1 fully saturated rings. The number of hydrogen-bond donors (Lipinski definition) is 1. The lowest BCUT2D eigenvalue weighted by molar-refractivity contribution is -0.140. The van der Waals surface area contributed by atoms with Crippen molar-refractivity contribution in [3.05, 3.63) is 62.1 Å². The maximum atomic E-state index is 13.0. The molecule has 1 heterocycles. The standard InChI is InChI=1S/C22H20Cl3NO6/c1-30-9-8-26-17(11-4-6-12(23)7-5-11)15(19(28)22(26)29)18(27)13-10-14(24)21(32-3)16(25)20(13)31-2/h4-7,10,17,27H,8-9H2,1-3H3/b18-15+. The Morgan fingerprint density at radius 1 is 1.03 bits per heavy atom. The fourth-order valence-electron chi connectivity index (χ4n) is 3.58. The molecule has 1 saturated heterocycles. The summed E-state index contributed by atoms with van der Waals surface area (Å²) in [5, 5.41) is 11.8. The topological polar surface area (TPSA) is 85.3 Å². The van der Waals surface area contributed by atoms with Crippen molar-refractivity contribution in [2.24, 2.45) is 0 Å². The zero-order valence-electron chi connectivity index (χ0n) is 17.4. The number of benzene rings is 2. The van der Waals surface area contributed by atoms with Crippen LogP contribution in [0.15, 0.2) is 35.9 Å². The van der Waals surface area contributed by atoms with Crippen LogP contribution < -0.4 is 9.47 Å². The average Bonchev–Trinajstić information content (AvgIpc) is 3.02. The number of rotatable bonds is 7. The molecule has 1 aliphatic rings. The number of aliphatic hydroxyl groups excluding tert-OH is 1. The second kappa shape index (κ2) is 10.0. The molecule has 1 aliphatic heterocycles. The molecule has 1 N–H and O–H groups in total. The molecule has 2 aromatic rings.